The molecule has 27 heavy (non-hydrogen) atoms. The molecular formula is C20H21N3O3S. The van der Waals surface area contributed by atoms with Crippen LogP contribution >= 0.6 is 11.3 Å². The van der Waals surface area contributed by atoms with E-state index in [2.05, 4.69) is 10.6 Å². The average molecular weight is 383 g/mol. The van der Waals surface area contributed by atoms with E-state index in [-0.39, 0.29) is 18.4 Å². The summed E-state index contributed by atoms with van der Waals surface area (Å²) in [7, 11) is 0. The first-order chi connectivity index (χ1) is 12.9. The Kier molecular flexibility index (Phi) is 4.26. The fraction of sp³-hybridized carbons (Fsp3) is 0.350. The Morgan fingerprint density at radius 1 is 1.26 bits per heavy atom. The maximum Gasteiger partial charge on any atom is 0.325 e. The molecule has 1 aliphatic carbocycles. The van der Waals surface area contributed by atoms with Gasteiger partial charge in [0.25, 0.3) is 5.91 Å². The second kappa shape index (κ2) is 6.49. The number of rotatable bonds is 3. The van der Waals surface area contributed by atoms with Crippen molar-refractivity contribution in [3.05, 3.63) is 51.2 Å². The van der Waals surface area contributed by atoms with Gasteiger partial charge >= 0.3 is 6.03 Å². The van der Waals surface area contributed by atoms with Gasteiger partial charge in [-0.1, -0.05) is 18.2 Å². The number of imide groups is 1. The van der Waals surface area contributed by atoms with Crippen LogP contribution in [0, 0.1) is 13.8 Å². The number of anilines is 1. The zero-order valence-corrected chi connectivity index (χ0v) is 16.1. The van der Waals surface area contributed by atoms with Crippen LogP contribution in [0.25, 0.3) is 0 Å². The molecule has 4 rings (SSSR count). The number of benzene rings is 1. The van der Waals surface area contributed by atoms with Crippen molar-refractivity contribution in [3.8, 4) is 0 Å². The molecule has 140 valence electrons. The van der Waals surface area contributed by atoms with E-state index in [1.807, 2.05) is 43.5 Å². The van der Waals surface area contributed by atoms with Crippen molar-refractivity contribution in [1.29, 1.82) is 0 Å². The number of thiophene rings is 1. The molecule has 0 radical (unpaired) electrons. The molecule has 2 aromatic rings. The lowest BCUT2D eigenvalue weighted by Crippen LogP contribution is -2.46. The predicted molar refractivity (Wildman–Crippen MR) is 104 cm³/mol. The van der Waals surface area contributed by atoms with Crippen LogP contribution in [0.1, 0.15) is 34.4 Å². The Bertz CT molecular complexity index is 931. The zero-order chi connectivity index (χ0) is 19.2. The Labute approximate surface area is 161 Å². The summed E-state index contributed by atoms with van der Waals surface area (Å²) in [5.74, 6) is -0.710. The first-order valence-corrected chi connectivity index (χ1v) is 9.87. The SMILES string of the molecule is Cc1cccc(C)c1NC(=O)CN1C(=O)N[C@@]2(CCCc3sccc32)C1=O. The highest BCUT2D eigenvalue weighted by Crippen LogP contribution is 2.42. The summed E-state index contributed by atoms with van der Waals surface area (Å²) < 4.78 is 0. The van der Waals surface area contributed by atoms with Crippen LogP contribution in [-0.2, 0) is 21.5 Å². The Morgan fingerprint density at radius 3 is 2.74 bits per heavy atom. The molecule has 0 unspecified atom stereocenters. The number of carbonyl (C=O) groups is 3. The van der Waals surface area contributed by atoms with Gasteiger partial charge < -0.3 is 10.6 Å². The summed E-state index contributed by atoms with van der Waals surface area (Å²) in [6.07, 6.45) is 2.32. The molecule has 7 heteroatoms. The molecule has 4 amide bonds. The maximum atomic E-state index is 13.1. The molecule has 1 saturated heterocycles. The van der Waals surface area contributed by atoms with Crippen molar-refractivity contribution in [1.82, 2.24) is 10.2 Å². The molecule has 1 aliphatic heterocycles. The predicted octanol–water partition coefficient (Wildman–Crippen LogP) is 3.09. The van der Waals surface area contributed by atoms with Gasteiger partial charge in [-0.15, -0.1) is 11.3 Å². The molecule has 6 nitrogen and oxygen atoms in total. The topological polar surface area (TPSA) is 78.5 Å². The first kappa shape index (κ1) is 17.7. The molecular weight excluding hydrogens is 362 g/mol. The van der Waals surface area contributed by atoms with Crippen molar-refractivity contribution in [3.63, 3.8) is 0 Å². The van der Waals surface area contributed by atoms with Gasteiger partial charge in [0.15, 0.2) is 0 Å². The highest BCUT2D eigenvalue weighted by atomic mass is 32.1. The van der Waals surface area contributed by atoms with Crippen molar-refractivity contribution in [2.75, 3.05) is 11.9 Å². The summed E-state index contributed by atoms with van der Waals surface area (Å²) in [4.78, 5) is 40.4. The van der Waals surface area contributed by atoms with Crippen LogP contribution in [0.3, 0.4) is 0 Å². The van der Waals surface area contributed by atoms with Gasteiger partial charge in [-0.05, 0) is 55.7 Å². The van der Waals surface area contributed by atoms with Crippen molar-refractivity contribution >= 4 is 34.9 Å². The van der Waals surface area contributed by atoms with Gasteiger partial charge in [-0.3, -0.25) is 14.5 Å². The van der Waals surface area contributed by atoms with Crippen LogP contribution in [0.2, 0.25) is 0 Å². The fourth-order valence-electron chi connectivity index (χ4n) is 4.02. The van der Waals surface area contributed by atoms with Gasteiger partial charge in [-0.2, -0.15) is 0 Å². The number of para-hydroxylation sites is 1. The monoisotopic (exact) mass is 383 g/mol. The zero-order valence-electron chi connectivity index (χ0n) is 15.3. The molecule has 0 bridgehead atoms. The number of nitrogens with zero attached hydrogens (tertiary/aromatic N) is 1. The van der Waals surface area contributed by atoms with E-state index in [4.69, 9.17) is 0 Å². The van der Waals surface area contributed by atoms with E-state index in [0.29, 0.717) is 6.42 Å². The van der Waals surface area contributed by atoms with E-state index >= 15 is 0 Å². The molecule has 2 N–H and O–H groups in total. The third-order valence-electron chi connectivity index (χ3n) is 5.38. The fourth-order valence-corrected chi connectivity index (χ4v) is 5.02. The third-order valence-corrected chi connectivity index (χ3v) is 6.36. The van der Waals surface area contributed by atoms with Crippen LogP contribution in [0.5, 0.6) is 0 Å². The largest absolute Gasteiger partial charge is 0.325 e. The molecule has 1 aromatic carbocycles. The lowest BCUT2D eigenvalue weighted by molar-refractivity contribution is -0.134. The smallest absolute Gasteiger partial charge is 0.324 e. The highest BCUT2D eigenvalue weighted by molar-refractivity contribution is 7.10. The van der Waals surface area contributed by atoms with Crippen LogP contribution in [0.4, 0.5) is 10.5 Å². The molecule has 1 atom stereocenters. The summed E-state index contributed by atoms with van der Waals surface area (Å²) >= 11 is 1.61. The van der Waals surface area contributed by atoms with Crippen molar-refractivity contribution in [2.45, 2.75) is 38.6 Å². The number of amides is 4. The normalized spacial score (nSPS) is 21.3. The van der Waals surface area contributed by atoms with E-state index in [1.165, 1.54) is 0 Å². The summed E-state index contributed by atoms with van der Waals surface area (Å²) in [5.41, 5.74) is 2.47. The quantitative estimate of drug-likeness (QED) is 0.800. The van der Waals surface area contributed by atoms with Crippen LogP contribution in [-0.4, -0.2) is 29.3 Å². The third kappa shape index (κ3) is 2.82. The number of hydrogen-bond acceptors (Lipinski definition) is 4. The second-order valence-electron chi connectivity index (χ2n) is 7.15. The first-order valence-electron chi connectivity index (χ1n) is 8.99. The molecule has 1 spiro atoms. The summed E-state index contributed by atoms with van der Waals surface area (Å²) in [6.45, 7) is 3.52. The van der Waals surface area contributed by atoms with Gasteiger partial charge in [-0.25, -0.2) is 4.79 Å². The second-order valence-corrected chi connectivity index (χ2v) is 8.15. The number of carbonyl (C=O) groups excluding carboxylic acids is 3. The van der Waals surface area contributed by atoms with Gasteiger partial charge in [0.1, 0.15) is 12.1 Å². The minimum absolute atomic E-state index is 0.292. The van der Waals surface area contributed by atoms with Gasteiger partial charge in [0.05, 0.1) is 0 Å². The van der Waals surface area contributed by atoms with Crippen molar-refractivity contribution < 1.29 is 14.4 Å². The van der Waals surface area contributed by atoms with Gasteiger partial charge in [0, 0.05) is 16.1 Å². The maximum absolute atomic E-state index is 13.1. The lowest BCUT2D eigenvalue weighted by Gasteiger charge is -2.31. The minimum atomic E-state index is -1.01. The highest BCUT2D eigenvalue weighted by Gasteiger charge is 2.54. The number of nitrogens with one attached hydrogen (secondary N) is 2. The standard InChI is InChI=1S/C20H21N3O3S/c1-12-5-3-6-13(2)17(12)21-16(24)11-23-18(25)20(22-19(23)26)9-4-7-15-14(20)8-10-27-15/h3,5-6,8,10H,4,7,9,11H2,1-2H3,(H,21,24)(H,22,26)/t20-/m1/s1. The van der Waals surface area contributed by atoms with Crippen LogP contribution < -0.4 is 10.6 Å². The Hall–Kier alpha value is -2.67. The molecule has 1 fully saturated rings. The minimum Gasteiger partial charge on any atom is -0.324 e. The van der Waals surface area contributed by atoms with E-state index in [1.54, 1.807) is 11.3 Å². The van der Waals surface area contributed by atoms with E-state index in [0.717, 1.165) is 45.0 Å². The Balaban J connectivity index is 1.55. The van der Waals surface area contributed by atoms with Crippen LogP contribution in [0.15, 0.2) is 29.6 Å². The molecule has 2 heterocycles. The number of hydrogen-bond donors (Lipinski definition) is 2. The van der Waals surface area contributed by atoms with Crippen molar-refractivity contribution in [2.24, 2.45) is 0 Å². The molecule has 2 aliphatic rings. The molecule has 0 saturated carbocycles. The lowest BCUT2D eigenvalue weighted by atomic mass is 9.80. The number of urea groups is 1. The summed E-state index contributed by atoms with van der Waals surface area (Å²) in [5, 5.41) is 7.66. The molecule has 1 aromatic heterocycles. The number of fused-ring (bicyclic) bond motifs is 2. The summed E-state index contributed by atoms with van der Waals surface area (Å²) in [6, 6.07) is 7.15. The van der Waals surface area contributed by atoms with Gasteiger partial charge in [0.2, 0.25) is 5.91 Å². The van der Waals surface area contributed by atoms with E-state index in [9.17, 15) is 14.4 Å². The average Bonchev–Trinajstić information content (AvgIpc) is 3.19. The Morgan fingerprint density at radius 2 is 2.00 bits per heavy atom. The number of aryl methyl sites for hydroxylation is 3. The van der Waals surface area contributed by atoms with E-state index < -0.39 is 11.6 Å².